The van der Waals surface area contributed by atoms with Crippen molar-refractivity contribution in [3.05, 3.63) is 57.0 Å². The summed E-state index contributed by atoms with van der Waals surface area (Å²) in [5, 5.41) is 13.4. The van der Waals surface area contributed by atoms with Crippen LogP contribution < -0.4 is 5.32 Å². The van der Waals surface area contributed by atoms with Crippen molar-refractivity contribution < 1.29 is 14.5 Å². The lowest BCUT2D eigenvalue weighted by atomic mass is 10.1. The van der Waals surface area contributed by atoms with Crippen LogP contribution in [-0.4, -0.2) is 35.2 Å². The van der Waals surface area contributed by atoms with E-state index >= 15 is 0 Å². The quantitative estimate of drug-likeness (QED) is 0.642. The minimum absolute atomic E-state index is 0.104. The van der Waals surface area contributed by atoms with Gasteiger partial charge in [0.15, 0.2) is 0 Å². The maximum Gasteiger partial charge on any atom is 0.324 e. The van der Waals surface area contributed by atoms with Gasteiger partial charge < -0.3 is 10.2 Å². The van der Waals surface area contributed by atoms with Crippen LogP contribution in [0.3, 0.4) is 0 Å². The summed E-state index contributed by atoms with van der Waals surface area (Å²) in [6.45, 7) is 1.85. The lowest BCUT2D eigenvalue weighted by Gasteiger charge is -2.16. The number of hydrogen-bond donors (Lipinski definition) is 1. The van der Waals surface area contributed by atoms with Crippen LogP contribution in [0.5, 0.6) is 0 Å². The average molecular weight is 347 g/mol. The molecular weight excluding hydrogens is 330 g/mol. The first kappa shape index (κ1) is 17.6. The number of hydrogen-bond acceptors (Lipinski definition) is 5. The van der Waals surface area contributed by atoms with E-state index in [1.54, 1.807) is 6.07 Å². The van der Waals surface area contributed by atoms with E-state index in [4.69, 9.17) is 0 Å². The largest absolute Gasteiger partial charge is 0.332 e. The Bertz CT molecular complexity index is 772. The number of benzene rings is 1. The summed E-state index contributed by atoms with van der Waals surface area (Å²) in [4.78, 5) is 35.9. The van der Waals surface area contributed by atoms with Gasteiger partial charge in [-0.25, -0.2) is 0 Å². The first-order valence-electron chi connectivity index (χ1n) is 7.29. The minimum atomic E-state index is -0.546. The molecule has 1 aromatic heterocycles. The number of rotatable bonds is 6. The zero-order chi connectivity index (χ0) is 17.7. The summed E-state index contributed by atoms with van der Waals surface area (Å²) >= 11 is 0.793. The van der Waals surface area contributed by atoms with Crippen LogP contribution in [0.2, 0.25) is 0 Å². The topological polar surface area (TPSA) is 92.6 Å². The number of carbonyl (C=O) groups is 2. The van der Waals surface area contributed by atoms with Crippen molar-refractivity contribution in [3.63, 3.8) is 0 Å². The van der Waals surface area contributed by atoms with Crippen molar-refractivity contribution in [1.29, 1.82) is 0 Å². The van der Waals surface area contributed by atoms with Crippen LogP contribution in [0.1, 0.15) is 22.2 Å². The first-order valence-corrected chi connectivity index (χ1v) is 8.11. The van der Waals surface area contributed by atoms with Gasteiger partial charge in [0, 0.05) is 18.8 Å². The Kier molecular flexibility index (Phi) is 5.64. The SMILES string of the molecule is CCc1ccccc1NC(=O)CN(C)C(=O)c1ccc([N+](=O)[O-])s1. The third-order valence-corrected chi connectivity index (χ3v) is 4.41. The predicted octanol–water partition coefficient (Wildman–Crippen LogP) is 2.93. The molecule has 2 aromatic rings. The summed E-state index contributed by atoms with van der Waals surface area (Å²) in [7, 11) is 1.49. The molecule has 24 heavy (non-hydrogen) atoms. The summed E-state index contributed by atoms with van der Waals surface area (Å²) in [5.41, 5.74) is 1.73. The monoisotopic (exact) mass is 347 g/mol. The van der Waals surface area contributed by atoms with Crippen LogP contribution in [0.25, 0.3) is 0 Å². The molecule has 7 nitrogen and oxygen atoms in total. The van der Waals surface area contributed by atoms with Crippen molar-refractivity contribution in [2.45, 2.75) is 13.3 Å². The van der Waals surface area contributed by atoms with E-state index in [1.807, 2.05) is 25.1 Å². The second-order valence-electron chi connectivity index (χ2n) is 5.12. The normalized spacial score (nSPS) is 10.2. The average Bonchev–Trinajstić information content (AvgIpc) is 3.04. The van der Waals surface area contributed by atoms with Gasteiger partial charge >= 0.3 is 5.00 Å². The minimum Gasteiger partial charge on any atom is -0.332 e. The van der Waals surface area contributed by atoms with Gasteiger partial charge in [-0.1, -0.05) is 36.5 Å². The van der Waals surface area contributed by atoms with Crippen molar-refractivity contribution in [2.75, 3.05) is 18.9 Å². The molecular formula is C16H17N3O4S. The highest BCUT2D eigenvalue weighted by atomic mass is 32.1. The molecule has 0 saturated carbocycles. The van der Waals surface area contributed by atoms with E-state index < -0.39 is 10.8 Å². The zero-order valence-corrected chi connectivity index (χ0v) is 14.1. The third kappa shape index (κ3) is 4.17. The van der Waals surface area contributed by atoms with Gasteiger partial charge in [-0.15, -0.1) is 0 Å². The summed E-state index contributed by atoms with van der Waals surface area (Å²) in [6.07, 6.45) is 0.782. The number of likely N-dealkylation sites (N-methyl/N-ethyl adjacent to an activating group) is 1. The molecule has 1 N–H and O–H groups in total. The zero-order valence-electron chi connectivity index (χ0n) is 13.3. The fourth-order valence-corrected chi connectivity index (χ4v) is 2.97. The highest BCUT2D eigenvalue weighted by molar-refractivity contribution is 7.17. The standard InChI is InChI=1S/C16H17N3O4S/c1-3-11-6-4-5-7-12(11)17-14(20)10-18(2)16(21)13-8-9-15(24-13)19(22)23/h4-9H,3,10H2,1-2H3,(H,17,20). The van der Waals surface area contributed by atoms with E-state index in [1.165, 1.54) is 24.1 Å². The van der Waals surface area contributed by atoms with Gasteiger partial charge in [-0.2, -0.15) is 0 Å². The van der Waals surface area contributed by atoms with Gasteiger partial charge in [0.1, 0.15) is 0 Å². The molecule has 1 aromatic carbocycles. The Hall–Kier alpha value is -2.74. The van der Waals surface area contributed by atoms with Crippen LogP contribution in [-0.2, 0) is 11.2 Å². The highest BCUT2D eigenvalue weighted by Gasteiger charge is 2.20. The molecule has 8 heteroatoms. The molecule has 0 aliphatic rings. The number of nitro groups is 1. The smallest absolute Gasteiger partial charge is 0.324 e. The number of para-hydroxylation sites is 1. The number of nitrogens with zero attached hydrogens (tertiary/aromatic N) is 2. The molecule has 0 radical (unpaired) electrons. The molecule has 1 heterocycles. The van der Waals surface area contributed by atoms with Crippen LogP contribution in [0, 0.1) is 10.1 Å². The Balaban J connectivity index is 2.00. The van der Waals surface area contributed by atoms with Gasteiger partial charge in [0.25, 0.3) is 5.91 Å². The molecule has 0 aliphatic heterocycles. The summed E-state index contributed by atoms with van der Waals surface area (Å²) in [5.74, 6) is -0.746. The molecule has 0 saturated heterocycles. The fraction of sp³-hybridized carbons (Fsp3) is 0.250. The number of aryl methyl sites for hydroxylation is 1. The van der Waals surface area contributed by atoms with E-state index in [9.17, 15) is 19.7 Å². The maximum absolute atomic E-state index is 12.2. The van der Waals surface area contributed by atoms with Crippen molar-refractivity contribution in [3.8, 4) is 0 Å². The van der Waals surface area contributed by atoms with Gasteiger partial charge in [0.2, 0.25) is 5.91 Å². The van der Waals surface area contributed by atoms with E-state index in [0.29, 0.717) is 0 Å². The third-order valence-electron chi connectivity index (χ3n) is 3.38. The van der Waals surface area contributed by atoms with Crippen LogP contribution in [0.15, 0.2) is 36.4 Å². The first-order chi connectivity index (χ1) is 11.4. The van der Waals surface area contributed by atoms with Crippen molar-refractivity contribution in [1.82, 2.24) is 4.90 Å². The predicted molar refractivity (Wildman–Crippen MR) is 92.4 cm³/mol. The van der Waals surface area contributed by atoms with E-state index in [-0.39, 0.29) is 22.3 Å². The molecule has 0 spiro atoms. The van der Waals surface area contributed by atoms with Gasteiger partial charge in [-0.3, -0.25) is 19.7 Å². The molecule has 0 atom stereocenters. The molecule has 0 fully saturated rings. The van der Waals surface area contributed by atoms with Crippen LogP contribution >= 0.6 is 11.3 Å². The molecule has 2 amide bonds. The molecule has 126 valence electrons. The number of thiophene rings is 1. The van der Waals surface area contributed by atoms with Gasteiger partial charge in [-0.05, 0) is 24.1 Å². The number of amides is 2. The maximum atomic E-state index is 12.2. The fourth-order valence-electron chi connectivity index (χ4n) is 2.16. The Morgan fingerprint density at radius 1 is 1.25 bits per heavy atom. The molecule has 0 unspecified atom stereocenters. The summed E-state index contributed by atoms with van der Waals surface area (Å²) < 4.78 is 0. The molecule has 0 bridgehead atoms. The Morgan fingerprint density at radius 2 is 1.96 bits per heavy atom. The van der Waals surface area contributed by atoms with Crippen molar-refractivity contribution in [2.24, 2.45) is 0 Å². The second-order valence-corrected chi connectivity index (χ2v) is 6.18. The number of nitrogens with one attached hydrogen (secondary N) is 1. The number of carbonyl (C=O) groups excluding carboxylic acids is 2. The lowest BCUT2D eigenvalue weighted by Crippen LogP contribution is -2.34. The van der Waals surface area contributed by atoms with Gasteiger partial charge in [0.05, 0.1) is 16.3 Å². The Labute approximate surface area is 143 Å². The summed E-state index contributed by atoms with van der Waals surface area (Å²) in [6, 6.07) is 10.1. The van der Waals surface area contributed by atoms with E-state index in [2.05, 4.69) is 5.32 Å². The Morgan fingerprint density at radius 3 is 2.58 bits per heavy atom. The number of anilines is 1. The van der Waals surface area contributed by atoms with E-state index in [0.717, 1.165) is 29.0 Å². The molecule has 0 aliphatic carbocycles. The second kappa shape index (κ2) is 7.69. The molecule has 2 rings (SSSR count). The van der Waals surface area contributed by atoms with Crippen LogP contribution in [0.4, 0.5) is 10.7 Å². The highest BCUT2D eigenvalue weighted by Crippen LogP contribution is 2.24. The van der Waals surface area contributed by atoms with Crippen molar-refractivity contribution >= 4 is 33.8 Å². The lowest BCUT2D eigenvalue weighted by molar-refractivity contribution is -0.380.